The fraction of sp³-hybridized carbons (Fsp3) is 0.375. The smallest absolute Gasteiger partial charge is 0.348 e. The Morgan fingerprint density at radius 2 is 1.91 bits per heavy atom. The molecule has 1 aliphatic heterocycles. The lowest BCUT2D eigenvalue weighted by Gasteiger charge is -2.34. The number of piperazine rings is 1. The highest BCUT2D eigenvalue weighted by atomic mass is 32.1. The van der Waals surface area contributed by atoms with Gasteiger partial charge in [0.15, 0.2) is 0 Å². The molecule has 4 heterocycles. The summed E-state index contributed by atoms with van der Waals surface area (Å²) >= 11 is 1.36. The van der Waals surface area contributed by atoms with Crippen molar-refractivity contribution < 1.29 is 18.8 Å². The number of hydrogen-bond acceptors (Lipinski definition) is 11. The Morgan fingerprint density at radius 3 is 2.63 bits per heavy atom. The van der Waals surface area contributed by atoms with Gasteiger partial charge in [0.25, 0.3) is 0 Å². The predicted octanol–water partition coefficient (Wildman–Crippen LogP) is 3.56. The molecule has 0 aliphatic carbocycles. The van der Waals surface area contributed by atoms with Crippen LogP contribution in [-0.4, -0.2) is 70.9 Å². The molecule has 0 atom stereocenters. The Bertz CT molecular complexity index is 1330. The zero-order valence-corrected chi connectivity index (χ0v) is 20.7. The maximum atomic E-state index is 12.4. The van der Waals surface area contributed by atoms with E-state index in [2.05, 4.69) is 29.9 Å². The first-order valence-electron chi connectivity index (χ1n) is 11.4. The second-order valence-electron chi connectivity index (χ2n) is 8.16. The number of esters is 1. The van der Waals surface area contributed by atoms with Gasteiger partial charge in [0.05, 0.1) is 25.6 Å². The minimum Gasteiger partial charge on any atom is -0.497 e. The van der Waals surface area contributed by atoms with Gasteiger partial charge in [0, 0.05) is 31.7 Å². The lowest BCUT2D eigenvalue weighted by molar-refractivity contribution is 0.0531. The first-order chi connectivity index (χ1) is 17.1. The topological polar surface area (TPSA) is 107 Å². The van der Waals surface area contributed by atoms with Crippen molar-refractivity contribution in [3.63, 3.8) is 0 Å². The van der Waals surface area contributed by atoms with Gasteiger partial charge in [-0.05, 0) is 43.7 Å². The number of carbonyl (C=O) groups is 1. The lowest BCUT2D eigenvalue weighted by Crippen LogP contribution is -2.46. The summed E-state index contributed by atoms with van der Waals surface area (Å²) in [6, 6.07) is 7.57. The SMILES string of the molecule is CCOC(=O)c1sc2ncnc(N3CCN(Cc4nc(-c5ccc(OC)cc5)no4)CC3)c2c1C. The Kier molecular flexibility index (Phi) is 6.60. The fourth-order valence-electron chi connectivity index (χ4n) is 4.17. The van der Waals surface area contributed by atoms with Gasteiger partial charge in [-0.3, -0.25) is 4.90 Å². The second kappa shape index (κ2) is 9.96. The third-order valence-electron chi connectivity index (χ3n) is 6.01. The summed E-state index contributed by atoms with van der Waals surface area (Å²) in [6.07, 6.45) is 1.56. The van der Waals surface area contributed by atoms with E-state index in [1.54, 1.807) is 20.4 Å². The Hall–Kier alpha value is -3.57. The van der Waals surface area contributed by atoms with Crippen LogP contribution in [0, 0.1) is 6.92 Å². The lowest BCUT2D eigenvalue weighted by atomic mass is 10.2. The molecule has 0 N–H and O–H groups in total. The molecule has 182 valence electrons. The number of fused-ring (bicyclic) bond motifs is 1. The molecule has 0 amide bonds. The van der Waals surface area contributed by atoms with Crippen LogP contribution in [0.5, 0.6) is 5.75 Å². The van der Waals surface area contributed by atoms with Crippen molar-refractivity contribution in [2.45, 2.75) is 20.4 Å². The van der Waals surface area contributed by atoms with Gasteiger partial charge >= 0.3 is 5.97 Å². The summed E-state index contributed by atoms with van der Waals surface area (Å²) in [5.41, 5.74) is 1.75. The van der Waals surface area contributed by atoms with E-state index in [1.807, 2.05) is 31.2 Å². The van der Waals surface area contributed by atoms with Gasteiger partial charge in [-0.2, -0.15) is 4.98 Å². The quantitative estimate of drug-likeness (QED) is 0.354. The number of hydrogen-bond donors (Lipinski definition) is 0. The first kappa shape index (κ1) is 23.2. The number of aromatic nitrogens is 4. The third-order valence-corrected chi connectivity index (χ3v) is 7.19. The van der Waals surface area contributed by atoms with Crippen LogP contribution in [0.15, 0.2) is 35.1 Å². The summed E-state index contributed by atoms with van der Waals surface area (Å²) in [6.45, 7) is 7.88. The molecule has 3 aromatic heterocycles. The van der Waals surface area contributed by atoms with Crippen LogP contribution in [0.2, 0.25) is 0 Å². The predicted molar refractivity (Wildman–Crippen MR) is 132 cm³/mol. The second-order valence-corrected chi connectivity index (χ2v) is 9.16. The molecule has 11 heteroatoms. The molecule has 0 bridgehead atoms. The molecule has 5 rings (SSSR count). The molecule has 10 nitrogen and oxygen atoms in total. The molecule has 1 fully saturated rings. The highest BCUT2D eigenvalue weighted by Gasteiger charge is 2.25. The number of ether oxygens (including phenoxy) is 2. The zero-order valence-electron chi connectivity index (χ0n) is 19.9. The standard InChI is InChI=1S/C24H26N6O4S/c1-4-33-24(31)20-15(2)19-22(25-14-26-23(19)35-20)30-11-9-29(10-12-30)13-18-27-21(28-34-18)16-5-7-17(32-3)8-6-16/h5-8,14H,4,9-13H2,1-3H3. The van der Waals surface area contributed by atoms with Crippen LogP contribution in [0.1, 0.15) is 28.0 Å². The number of methoxy groups -OCH3 is 1. The molecular formula is C24H26N6O4S. The van der Waals surface area contributed by atoms with E-state index in [9.17, 15) is 4.79 Å². The molecule has 0 unspecified atom stereocenters. The summed E-state index contributed by atoms with van der Waals surface area (Å²) in [7, 11) is 1.64. The van der Waals surface area contributed by atoms with E-state index in [4.69, 9.17) is 14.0 Å². The number of carbonyl (C=O) groups excluding carboxylic acids is 1. The van der Waals surface area contributed by atoms with Gasteiger partial charge < -0.3 is 18.9 Å². The van der Waals surface area contributed by atoms with Crippen LogP contribution >= 0.6 is 11.3 Å². The minimum absolute atomic E-state index is 0.308. The highest BCUT2D eigenvalue weighted by molar-refractivity contribution is 7.20. The molecule has 1 aromatic carbocycles. The average molecular weight is 495 g/mol. The van der Waals surface area contributed by atoms with E-state index in [1.165, 1.54) is 11.3 Å². The van der Waals surface area contributed by atoms with Crippen LogP contribution < -0.4 is 9.64 Å². The minimum atomic E-state index is -0.308. The molecule has 0 spiro atoms. The van der Waals surface area contributed by atoms with Gasteiger partial charge in [-0.1, -0.05) is 5.16 Å². The molecule has 0 saturated carbocycles. The molecular weight excluding hydrogens is 468 g/mol. The van der Waals surface area contributed by atoms with Crippen molar-refractivity contribution in [3.8, 4) is 17.1 Å². The third kappa shape index (κ3) is 4.69. The van der Waals surface area contributed by atoms with Crippen molar-refractivity contribution in [1.29, 1.82) is 0 Å². The molecule has 1 aliphatic rings. The van der Waals surface area contributed by atoms with Crippen LogP contribution in [-0.2, 0) is 11.3 Å². The largest absolute Gasteiger partial charge is 0.497 e. The Balaban J connectivity index is 1.25. The van der Waals surface area contributed by atoms with E-state index in [0.717, 1.165) is 59.1 Å². The summed E-state index contributed by atoms with van der Waals surface area (Å²) in [4.78, 5) is 31.8. The number of aryl methyl sites for hydroxylation is 1. The number of anilines is 1. The molecule has 0 radical (unpaired) electrons. The van der Waals surface area contributed by atoms with E-state index >= 15 is 0 Å². The highest BCUT2D eigenvalue weighted by Crippen LogP contribution is 2.35. The van der Waals surface area contributed by atoms with Gasteiger partial charge in [-0.15, -0.1) is 11.3 Å². The maximum Gasteiger partial charge on any atom is 0.348 e. The average Bonchev–Trinajstić information content (AvgIpc) is 3.49. The van der Waals surface area contributed by atoms with Crippen LogP contribution in [0.25, 0.3) is 21.6 Å². The first-order valence-corrected chi connectivity index (χ1v) is 12.2. The Labute approximate surface area is 206 Å². The van der Waals surface area contributed by atoms with Gasteiger partial charge in [-0.25, -0.2) is 14.8 Å². The van der Waals surface area contributed by atoms with E-state index < -0.39 is 0 Å². The van der Waals surface area contributed by atoms with Crippen molar-refractivity contribution in [1.82, 2.24) is 25.0 Å². The fourth-order valence-corrected chi connectivity index (χ4v) is 5.21. The van der Waals surface area contributed by atoms with Crippen molar-refractivity contribution in [2.24, 2.45) is 0 Å². The zero-order chi connectivity index (χ0) is 24.4. The number of nitrogens with zero attached hydrogens (tertiary/aromatic N) is 6. The van der Waals surface area contributed by atoms with Crippen molar-refractivity contribution >= 4 is 33.3 Å². The number of benzene rings is 1. The summed E-state index contributed by atoms with van der Waals surface area (Å²) in [5.74, 6) is 2.48. The summed E-state index contributed by atoms with van der Waals surface area (Å²) in [5, 5.41) is 5.05. The molecule has 1 saturated heterocycles. The maximum absolute atomic E-state index is 12.4. The Morgan fingerprint density at radius 1 is 1.14 bits per heavy atom. The van der Waals surface area contributed by atoms with E-state index in [0.29, 0.717) is 29.7 Å². The summed E-state index contributed by atoms with van der Waals surface area (Å²) < 4.78 is 15.9. The molecule has 35 heavy (non-hydrogen) atoms. The van der Waals surface area contributed by atoms with E-state index in [-0.39, 0.29) is 5.97 Å². The number of thiophene rings is 1. The van der Waals surface area contributed by atoms with Gasteiger partial charge in [0.2, 0.25) is 11.7 Å². The van der Waals surface area contributed by atoms with Crippen molar-refractivity contribution in [3.05, 3.63) is 46.9 Å². The number of rotatable bonds is 7. The van der Waals surface area contributed by atoms with Gasteiger partial charge in [0.1, 0.15) is 27.6 Å². The molecule has 4 aromatic rings. The normalized spacial score (nSPS) is 14.4. The monoisotopic (exact) mass is 494 g/mol. The van der Waals surface area contributed by atoms with Crippen LogP contribution in [0.4, 0.5) is 5.82 Å². The van der Waals surface area contributed by atoms with Crippen LogP contribution in [0.3, 0.4) is 0 Å². The van der Waals surface area contributed by atoms with Crippen molar-refractivity contribution in [2.75, 3.05) is 44.8 Å².